The summed E-state index contributed by atoms with van der Waals surface area (Å²) in [6.07, 6.45) is -0.162. The molecule has 0 heterocycles. The van der Waals surface area contributed by atoms with Crippen molar-refractivity contribution in [3.63, 3.8) is 0 Å². The third-order valence-electron chi connectivity index (χ3n) is 3.51. The highest BCUT2D eigenvalue weighted by atomic mass is 35.5. The van der Waals surface area contributed by atoms with Crippen molar-refractivity contribution in [2.45, 2.75) is 39.0 Å². The fourth-order valence-electron chi connectivity index (χ4n) is 2.33. The first-order chi connectivity index (χ1) is 10.9. The summed E-state index contributed by atoms with van der Waals surface area (Å²) in [5.41, 5.74) is 2.92. The Kier molecular flexibility index (Phi) is 5.94. The van der Waals surface area contributed by atoms with Gasteiger partial charge in [-0.3, -0.25) is 0 Å². The van der Waals surface area contributed by atoms with E-state index in [1.165, 1.54) is 30.5 Å². The first-order valence-corrected chi connectivity index (χ1v) is 7.91. The van der Waals surface area contributed by atoms with Crippen LogP contribution in [0, 0.1) is 0 Å². The van der Waals surface area contributed by atoms with Gasteiger partial charge in [-0.05, 0) is 41.7 Å². The van der Waals surface area contributed by atoms with Gasteiger partial charge in [-0.1, -0.05) is 61.7 Å². The van der Waals surface area contributed by atoms with Crippen molar-refractivity contribution in [3.05, 3.63) is 53.1 Å². The molecule has 0 saturated carbocycles. The van der Waals surface area contributed by atoms with Crippen LogP contribution in [0.3, 0.4) is 0 Å². The lowest BCUT2D eigenvalue weighted by Crippen LogP contribution is -2.17. The van der Waals surface area contributed by atoms with E-state index in [0.717, 1.165) is 24.0 Å². The highest BCUT2D eigenvalue weighted by Gasteiger charge is 2.32. The van der Waals surface area contributed by atoms with E-state index >= 15 is 0 Å². The second-order valence-corrected chi connectivity index (χ2v) is 5.75. The lowest BCUT2D eigenvalue weighted by atomic mass is 10.0. The zero-order valence-electron chi connectivity index (χ0n) is 12.8. The van der Waals surface area contributed by atoms with Gasteiger partial charge in [0.1, 0.15) is 5.75 Å². The van der Waals surface area contributed by atoms with Crippen LogP contribution in [0.15, 0.2) is 42.5 Å². The van der Waals surface area contributed by atoms with Crippen LogP contribution in [0.1, 0.15) is 31.7 Å². The van der Waals surface area contributed by atoms with Crippen molar-refractivity contribution in [2.24, 2.45) is 0 Å². The zero-order valence-corrected chi connectivity index (χ0v) is 13.5. The molecule has 0 aliphatic rings. The molecular formula is C18H18ClF3O. The van der Waals surface area contributed by atoms with Gasteiger partial charge in [-0.25, -0.2) is 0 Å². The summed E-state index contributed by atoms with van der Waals surface area (Å²) in [5, 5.41) is -0.0631. The van der Waals surface area contributed by atoms with Crippen molar-refractivity contribution in [1.82, 2.24) is 0 Å². The van der Waals surface area contributed by atoms with Crippen LogP contribution < -0.4 is 4.74 Å². The molecule has 0 aliphatic heterocycles. The first-order valence-electron chi connectivity index (χ1n) is 7.53. The summed E-state index contributed by atoms with van der Waals surface area (Å²) in [7, 11) is 0. The van der Waals surface area contributed by atoms with Crippen molar-refractivity contribution >= 4 is 11.6 Å². The molecule has 0 saturated heterocycles. The van der Waals surface area contributed by atoms with Crippen LogP contribution >= 0.6 is 11.6 Å². The first kappa shape index (κ1) is 17.7. The summed E-state index contributed by atoms with van der Waals surface area (Å²) in [6, 6.07) is 12.3. The predicted octanol–water partition coefficient (Wildman–Crippen LogP) is 6.64. The number of benzene rings is 2. The third kappa shape index (κ3) is 5.47. The number of alkyl halides is 3. The van der Waals surface area contributed by atoms with Crippen LogP contribution in [0.25, 0.3) is 11.1 Å². The van der Waals surface area contributed by atoms with Gasteiger partial charge in [-0.15, -0.1) is 13.2 Å². The number of hydrogen-bond acceptors (Lipinski definition) is 1. The van der Waals surface area contributed by atoms with Gasteiger partial charge in [0.15, 0.2) is 0 Å². The molecule has 0 spiro atoms. The molecule has 0 atom stereocenters. The Balaban J connectivity index is 2.11. The van der Waals surface area contributed by atoms with Gasteiger partial charge >= 0.3 is 6.36 Å². The third-order valence-corrected chi connectivity index (χ3v) is 3.81. The average Bonchev–Trinajstić information content (AvgIpc) is 2.49. The topological polar surface area (TPSA) is 9.23 Å². The molecule has 0 radical (unpaired) electrons. The summed E-state index contributed by atoms with van der Waals surface area (Å²) in [6.45, 7) is 2.17. The molecule has 0 amide bonds. The number of aryl methyl sites for hydroxylation is 1. The van der Waals surface area contributed by atoms with Crippen LogP contribution in [-0.4, -0.2) is 6.36 Å². The molecule has 0 N–H and O–H groups in total. The van der Waals surface area contributed by atoms with Gasteiger partial charge < -0.3 is 4.74 Å². The van der Waals surface area contributed by atoms with E-state index in [1.807, 2.05) is 24.3 Å². The Morgan fingerprint density at radius 3 is 2.17 bits per heavy atom. The number of rotatable bonds is 6. The van der Waals surface area contributed by atoms with Crippen LogP contribution in [-0.2, 0) is 6.42 Å². The molecule has 2 aromatic rings. The molecule has 1 nitrogen and oxygen atoms in total. The second-order valence-electron chi connectivity index (χ2n) is 5.35. The summed E-state index contributed by atoms with van der Waals surface area (Å²) in [5.74, 6) is -0.390. The lowest BCUT2D eigenvalue weighted by molar-refractivity contribution is -0.274. The van der Waals surface area contributed by atoms with E-state index in [1.54, 1.807) is 6.07 Å². The maximum atomic E-state index is 12.2. The van der Waals surface area contributed by atoms with Crippen LogP contribution in [0.5, 0.6) is 5.75 Å². The quantitative estimate of drug-likeness (QED) is 0.535. The van der Waals surface area contributed by atoms with Crippen LogP contribution in [0.4, 0.5) is 13.2 Å². The van der Waals surface area contributed by atoms with Gasteiger partial charge in [0.2, 0.25) is 0 Å². The fraction of sp³-hybridized carbons (Fsp3) is 0.333. The average molecular weight is 343 g/mol. The highest BCUT2D eigenvalue weighted by molar-refractivity contribution is 6.32. The van der Waals surface area contributed by atoms with E-state index in [9.17, 15) is 13.2 Å². The van der Waals surface area contributed by atoms with Crippen molar-refractivity contribution in [1.29, 1.82) is 0 Å². The lowest BCUT2D eigenvalue weighted by Gasteiger charge is -2.11. The molecule has 2 rings (SSSR count). The van der Waals surface area contributed by atoms with E-state index < -0.39 is 6.36 Å². The highest BCUT2D eigenvalue weighted by Crippen LogP contribution is 2.33. The molecule has 0 aliphatic carbocycles. The molecular weight excluding hydrogens is 325 g/mol. The van der Waals surface area contributed by atoms with Crippen molar-refractivity contribution in [2.75, 3.05) is 0 Å². The molecule has 2 aromatic carbocycles. The molecule has 0 aromatic heterocycles. The fourth-order valence-corrected chi connectivity index (χ4v) is 2.55. The number of halogens is 4. The van der Waals surface area contributed by atoms with E-state index in [2.05, 4.69) is 11.7 Å². The normalized spacial score (nSPS) is 11.5. The molecule has 0 fully saturated rings. The predicted molar refractivity (Wildman–Crippen MR) is 86.8 cm³/mol. The molecule has 23 heavy (non-hydrogen) atoms. The zero-order chi connectivity index (χ0) is 16.9. The minimum atomic E-state index is -4.74. The molecule has 0 bridgehead atoms. The monoisotopic (exact) mass is 342 g/mol. The smallest absolute Gasteiger partial charge is 0.404 e. The van der Waals surface area contributed by atoms with Gasteiger partial charge in [-0.2, -0.15) is 0 Å². The van der Waals surface area contributed by atoms with Gasteiger partial charge in [0.05, 0.1) is 5.02 Å². The molecule has 5 heteroatoms. The largest absolute Gasteiger partial charge is 0.573 e. The van der Waals surface area contributed by atoms with E-state index in [4.69, 9.17) is 11.6 Å². The maximum absolute atomic E-state index is 12.2. The Bertz CT molecular complexity index is 636. The minimum Gasteiger partial charge on any atom is -0.404 e. The van der Waals surface area contributed by atoms with Crippen molar-refractivity contribution in [3.8, 4) is 16.9 Å². The Labute approximate surface area is 139 Å². The van der Waals surface area contributed by atoms with E-state index in [-0.39, 0.29) is 10.8 Å². The standard InChI is InChI=1S/C18H18ClF3O/c1-2-3-4-5-13-6-8-14(9-7-13)15-10-11-17(16(19)12-15)23-18(20,21)22/h6-12H,2-5H2,1H3. The number of unbranched alkanes of at least 4 members (excludes halogenated alkanes) is 2. The van der Waals surface area contributed by atoms with E-state index in [0.29, 0.717) is 0 Å². The molecule has 0 unspecified atom stereocenters. The number of ether oxygens (including phenoxy) is 1. The Hall–Kier alpha value is -1.68. The SMILES string of the molecule is CCCCCc1ccc(-c2ccc(OC(F)(F)F)c(Cl)c2)cc1. The second kappa shape index (κ2) is 7.73. The summed E-state index contributed by atoms with van der Waals surface area (Å²) in [4.78, 5) is 0. The van der Waals surface area contributed by atoms with Gasteiger partial charge in [0, 0.05) is 0 Å². The Morgan fingerprint density at radius 1 is 0.957 bits per heavy atom. The van der Waals surface area contributed by atoms with Crippen LogP contribution in [0.2, 0.25) is 5.02 Å². The van der Waals surface area contributed by atoms with Gasteiger partial charge in [0.25, 0.3) is 0 Å². The van der Waals surface area contributed by atoms with Crippen molar-refractivity contribution < 1.29 is 17.9 Å². The minimum absolute atomic E-state index is 0.0631. The maximum Gasteiger partial charge on any atom is 0.573 e. The Morgan fingerprint density at radius 2 is 1.61 bits per heavy atom. The number of hydrogen-bond donors (Lipinski definition) is 0. The molecule has 124 valence electrons. The summed E-state index contributed by atoms with van der Waals surface area (Å²) >= 11 is 5.88. The summed E-state index contributed by atoms with van der Waals surface area (Å²) < 4.78 is 40.6.